The van der Waals surface area contributed by atoms with E-state index in [4.69, 9.17) is 0 Å². The highest BCUT2D eigenvalue weighted by Gasteiger charge is 2.19. The number of aromatic nitrogens is 1. The number of hydrogen-bond donors (Lipinski definition) is 1. The SMILES string of the molecule is CN(CCCCCNC1CC1)Cc1cscn1. The lowest BCUT2D eigenvalue weighted by Gasteiger charge is -2.14. The largest absolute Gasteiger partial charge is 0.314 e. The number of hydrogen-bond acceptors (Lipinski definition) is 4. The maximum atomic E-state index is 4.31. The lowest BCUT2D eigenvalue weighted by Crippen LogP contribution is -2.20. The van der Waals surface area contributed by atoms with Crippen molar-refractivity contribution in [3.63, 3.8) is 0 Å². The zero-order valence-electron chi connectivity index (χ0n) is 10.7. The molecule has 96 valence electrons. The Balaban J connectivity index is 1.43. The van der Waals surface area contributed by atoms with Crippen molar-refractivity contribution in [1.29, 1.82) is 0 Å². The Morgan fingerprint density at radius 2 is 2.29 bits per heavy atom. The van der Waals surface area contributed by atoms with Gasteiger partial charge in [-0.2, -0.15) is 0 Å². The van der Waals surface area contributed by atoms with Crippen LogP contribution < -0.4 is 5.32 Å². The van der Waals surface area contributed by atoms with Crippen LogP contribution in [0.15, 0.2) is 10.9 Å². The summed E-state index contributed by atoms with van der Waals surface area (Å²) in [6, 6.07) is 0.863. The van der Waals surface area contributed by atoms with Gasteiger partial charge < -0.3 is 10.2 Å². The van der Waals surface area contributed by atoms with Crippen LogP contribution in [0.2, 0.25) is 0 Å². The third-order valence-corrected chi connectivity index (χ3v) is 3.78. The zero-order chi connectivity index (χ0) is 11.9. The van der Waals surface area contributed by atoms with Crippen LogP contribution in [-0.2, 0) is 6.54 Å². The Hall–Kier alpha value is -0.450. The fourth-order valence-electron chi connectivity index (χ4n) is 1.95. The molecule has 3 nitrogen and oxygen atoms in total. The Bertz CT molecular complexity index is 296. The van der Waals surface area contributed by atoms with Crippen molar-refractivity contribution in [1.82, 2.24) is 15.2 Å². The highest BCUT2D eigenvalue weighted by Crippen LogP contribution is 2.18. The first kappa shape index (κ1) is 13.0. The number of unbranched alkanes of at least 4 members (excludes halogenated alkanes) is 2. The first-order chi connectivity index (χ1) is 8.34. The van der Waals surface area contributed by atoms with Crippen LogP contribution in [0.1, 0.15) is 37.8 Å². The molecule has 0 bridgehead atoms. The summed E-state index contributed by atoms with van der Waals surface area (Å²) in [6.45, 7) is 3.38. The minimum atomic E-state index is 0.863. The van der Waals surface area contributed by atoms with Gasteiger partial charge in [0, 0.05) is 18.0 Å². The fraction of sp³-hybridized carbons (Fsp3) is 0.769. The number of rotatable bonds is 9. The predicted octanol–water partition coefficient (Wildman–Crippen LogP) is 2.50. The molecule has 0 atom stereocenters. The van der Waals surface area contributed by atoms with E-state index in [1.807, 2.05) is 5.51 Å². The Labute approximate surface area is 108 Å². The van der Waals surface area contributed by atoms with Gasteiger partial charge in [-0.1, -0.05) is 6.42 Å². The molecule has 1 aromatic rings. The van der Waals surface area contributed by atoms with Crippen molar-refractivity contribution in [3.8, 4) is 0 Å². The maximum absolute atomic E-state index is 4.31. The highest BCUT2D eigenvalue weighted by molar-refractivity contribution is 7.07. The van der Waals surface area contributed by atoms with Gasteiger partial charge in [-0.3, -0.25) is 0 Å². The molecule has 1 aliphatic rings. The van der Waals surface area contributed by atoms with E-state index in [1.54, 1.807) is 11.3 Å². The Morgan fingerprint density at radius 1 is 1.41 bits per heavy atom. The van der Waals surface area contributed by atoms with Gasteiger partial charge >= 0.3 is 0 Å². The topological polar surface area (TPSA) is 28.2 Å². The molecule has 1 fully saturated rings. The van der Waals surface area contributed by atoms with Crippen molar-refractivity contribution >= 4 is 11.3 Å². The summed E-state index contributed by atoms with van der Waals surface area (Å²) in [6.07, 6.45) is 6.75. The van der Waals surface area contributed by atoms with Crippen molar-refractivity contribution in [2.24, 2.45) is 0 Å². The van der Waals surface area contributed by atoms with E-state index in [9.17, 15) is 0 Å². The first-order valence-electron chi connectivity index (χ1n) is 6.63. The van der Waals surface area contributed by atoms with E-state index < -0.39 is 0 Å². The fourth-order valence-corrected chi connectivity index (χ4v) is 2.50. The van der Waals surface area contributed by atoms with E-state index in [0.29, 0.717) is 0 Å². The van der Waals surface area contributed by atoms with Gasteiger partial charge in [-0.15, -0.1) is 11.3 Å². The quantitative estimate of drug-likeness (QED) is 0.685. The van der Waals surface area contributed by atoms with Crippen LogP contribution in [0.25, 0.3) is 0 Å². The minimum Gasteiger partial charge on any atom is -0.314 e. The first-order valence-corrected chi connectivity index (χ1v) is 7.58. The summed E-state index contributed by atoms with van der Waals surface area (Å²) in [7, 11) is 2.18. The second-order valence-electron chi connectivity index (χ2n) is 5.01. The smallest absolute Gasteiger partial charge is 0.0795 e. The number of nitrogens with one attached hydrogen (secondary N) is 1. The summed E-state index contributed by atoms with van der Waals surface area (Å²) in [4.78, 5) is 6.67. The molecule has 1 heterocycles. The van der Waals surface area contributed by atoms with Gasteiger partial charge in [0.25, 0.3) is 0 Å². The van der Waals surface area contributed by atoms with E-state index in [1.165, 1.54) is 50.9 Å². The molecule has 0 aliphatic heterocycles. The second-order valence-corrected chi connectivity index (χ2v) is 5.73. The molecular weight excluding hydrogens is 230 g/mol. The minimum absolute atomic E-state index is 0.863. The van der Waals surface area contributed by atoms with Gasteiger partial charge in [-0.25, -0.2) is 4.98 Å². The highest BCUT2D eigenvalue weighted by atomic mass is 32.1. The molecular formula is C13H23N3S. The monoisotopic (exact) mass is 253 g/mol. The second kappa shape index (κ2) is 7.09. The van der Waals surface area contributed by atoms with Gasteiger partial charge in [0.15, 0.2) is 0 Å². The van der Waals surface area contributed by atoms with Gasteiger partial charge in [-0.05, 0) is 45.8 Å². The molecule has 2 rings (SSSR count). The molecule has 4 heteroatoms. The van der Waals surface area contributed by atoms with Crippen LogP contribution in [0.3, 0.4) is 0 Å². The Morgan fingerprint density at radius 3 is 3.00 bits per heavy atom. The maximum Gasteiger partial charge on any atom is 0.0795 e. The average molecular weight is 253 g/mol. The number of nitrogens with zero attached hydrogens (tertiary/aromatic N) is 2. The molecule has 1 N–H and O–H groups in total. The van der Waals surface area contributed by atoms with Crippen molar-refractivity contribution in [2.45, 2.75) is 44.7 Å². The van der Waals surface area contributed by atoms with Crippen LogP contribution in [-0.4, -0.2) is 36.1 Å². The lowest BCUT2D eigenvalue weighted by atomic mass is 10.2. The van der Waals surface area contributed by atoms with Crippen LogP contribution in [0.4, 0.5) is 0 Å². The van der Waals surface area contributed by atoms with E-state index >= 15 is 0 Å². The molecule has 1 saturated carbocycles. The average Bonchev–Trinajstić information content (AvgIpc) is 3.00. The normalized spacial score (nSPS) is 15.6. The van der Waals surface area contributed by atoms with Crippen molar-refractivity contribution in [2.75, 3.05) is 20.1 Å². The summed E-state index contributed by atoms with van der Waals surface area (Å²) >= 11 is 1.68. The molecule has 1 aliphatic carbocycles. The van der Waals surface area contributed by atoms with E-state index in [-0.39, 0.29) is 0 Å². The third-order valence-electron chi connectivity index (χ3n) is 3.14. The van der Waals surface area contributed by atoms with Gasteiger partial charge in [0.05, 0.1) is 11.2 Å². The molecule has 0 unspecified atom stereocenters. The van der Waals surface area contributed by atoms with E-state index in [0.717, 1.165) is 12.6 Å². The number of thiazole rings is 1. The van der Waals surface area contributed by atoms with Gasteiger partial charge in [0.2, 0.25) is 0 Å². The molecule has 1 aromatic heterocycles. The van der Waals surface area contributed by atoms with Crippen LogP contribution in [0.5, 0.6) is 0 Å². The molecule has 17 heavy (non-hydrogen) atoms. The molecule has 0 saturated heterocycles. The predicted molar refractivity (Wildman–Crippen MR) is 73.3 cm³/mol. The standard InChI is InChI=1S/C13H23N3S/c1-16(9-13-10-17-11-15-13)8-4-2-3-7-14-12-5-6-12/h10-12,14H,2-9H2,1H3. The molecule has 0 spiro atoms. The van der Waals surface area contributed by atoms with Crippen LogP contribution >= 0.6 is 11.3 Å². The lowest BCUT2D eigenvalue weighted by molar-refractivity contribution is 0.314. The summed E-state index contributed by atoms with van der Waals surface area (Å²) in [5.41, 5.74) is 3.11. The van der Waals surface area contributed by atoms with Crippen molar-refractivity contribution < 1.29 is 0 Å². The Kier molecular flexibility index (Phi) is 5.42. The summed E-state index contributed by atoms with van der Waals surface area (Å²) in [5, 5.41) is 5.69. The van der Waals surface area contributed by atoms with Crippen LogP contribution in [0, 0.1) is 0 Å². The molecule has 0 amide bonds. The molecule has 0 aromatic carbocycles. The molecule has 0 radical (unpaired) electrons. The zero-order valence-corrected chi connectivity index (χ0v) is 11.5. The van der Waals surface area contributed by atoms with Gasteiger partial charge in [0.1, 0.15) is 0 Å². The van der Waals surface area contributed by atoms with E-state index in [2.05, 4.69) is 27.6 Å². The third kappa shape index (κ3) is 5.61. The van der Waals surface area contributed by atoms with Crippen molar-refractivity contribution in [3.05, 3.63) is 16.6 Å². The summed E-state index contributed by atoms with van der Waals surface area (Å²) in [5.74, 6) is 0. The summed E-state index contributed by atoms with van der Waals surface area (Å²) < 4.78 is 0.